The Hall–Kier alpha value is -2.85. The van der Waals surface area contributed by atoms with Crippen molar-refractivity contribution in [3.8, 4) is 5.75 Å². The van der Waals surface area contributed by atoms with Crippen LogP contribution in [0.15, 0.2) is 24.4 Å². The number of benzene rings is 1. The molecule has 1 amide bonds. The number of ether oxygens (including phenoxy) is 1. The fourth-order valence-electron chi connectivity index (χ4n) is 3.60. The second-order valence-corrected chi connectivity index (χ2v) is 9.04. The Morgan fingerprint density at radius 2 is 2.03 bits per heavy atom. The van der Waals surface area contributed by atoms with Crippen LogP contribution in [0.4, 0.5) is 5.13 Å². The molecule has 4 rings (SSSR count). The molecule has 1 fully saturated rings. The number of aryl methyl sites for hydroxylation is 2. The first-order valence-corrected chi connectivity index (χ1v) is 11.3. The Labute approximate surface area is 185 Å². The van der Waals surface area contributed by atoms with Crippen molar-refractivity contribution in [2.24, 2.45) is 5.73 Å². The average Bonchev–Trinajstić information content (AvgIpc) is 3.41. The van der Waals surface area contributed by atoms with E-state index in [0.717, 1.165) is 47.6 Å². The predicted octanol–water partition coefficient (Wildman–Crippen LogP) is 3.06. The maximum atomic E-state index is 12.5. The van der Waals surface area contributed by atoms with Gasteiger partial charge in [0.1, 0.15) is 10.8 Å². The molecule has 0 aliphatic heterocycles. The van der Waals surface area contributed by atoms with E-state index in [1.807, 2.05) is 26.0 Å². The van der Waals surface area contributed by atoms with Gasteiger partial charge >= 0.3 is 0 Å². The third kappa shape index (κ3) is 5.45. The standard InChI is InChI=1S/C21H27N7O2S/c1-13-3-4-14(2)18(11-13)30-10-9-19-25-26-21(31-19)23-20(29)17-12-28(27-24-17)16-7-5-15(22)6-8-16/h3-4,11-12,15-16H,5-10,22H2,1-2H3,(H,23,26,29). The van der Waals surface area contributed by atoms with Gasteiger partial charge in [-0.15, -0.1) is 15.3 Å². The van der Waals surface area contributed by atoms with E-state index in [9.17, 15) is 4.79 Å². The van der Waals surface area contributed by atoms with Crippen LogP contribution in [-0.2, 0) is 6.42 Å². The Balaban J connectivity index is 1.28. The lowest BCUT2D eigenvalue weighted by atomic mass is 9.92. The fourth-order valence-corrected chi connectivity index (χ4v) is 4.32. The van der Waals surface area contributed by atoms with E-state index in [4.69, 9.17) is 10.5 Å². The number of anilines is 1. The average molecular weight is 442 g/mol. The normalized spacial score (nSPS) is 18.7. The summed E-state index contributed by atoms with van der Waals surface area (Å²) < 4.78 is 7.65. The molecule has 1 aliphatic rings. The summed E-state index contributed by atoms with van der Waals surface area (Å²) in [4.78, 5) is 12.5. The number of hydrogen-bond donors (Lipinski definition) is 2. The molecule has 0 saturated heterocycles. The molecular weight excluding hydrogens is 414 g/mol. The fraction of sp³-hybridized carbons (Fsp3) is 0.476. The summed E-state index contributed by atoms with van der Waals surface area (Å²) in [6, 6.07) is 6.64. The van der Waals surface area contributed by atoms with Crippen LogP contribution in [0, 0.1) is 13.8 Å². The van der Waals surface area contributed by atoms with Gasteiger partial charge in [-0.1, -0.05) is 28.7 Å². The zero-order valence-corrected chi connectivity index (χ0v) is 18.6. The molecule has 3 aromatic rings. The number of hydrogen-bond acceptors (Lipinski definition) is 8. The second-order valence-electron chi connectivity index (χ2n) is 7.97. The molecule has 3 N–H and O–H groups in total. The highest BCUT2D eigenvalue weighted by molar-refractivity contribution is 7.15. The topological polar surface area (TPSA) is 121 Å². The molecule has 1 aliphatic carbocycles. The monoisotopic (exact) mass is 441 g/mol. The molecule has 1 aromatic carbocycles. The number of carbonyl (C=O) groups is 1. The van der Waals surface area contributed by atoms with Gasteiger partial charge in [0, 0.05) is 12.5 Å². The number of nitrogens with one attached hydrogen (secondary N) is 1. The maximum Gasteiger partial charge on any atom is 0.279 e. The van der Waals surface area contributed by atoms with Crippen LogP contribution < -0.4 is 15.8 Å². The summed E-state index contributed by atoms with van der Waals surface area (Å²) in [7, 11) is 0. The van der Waals surface area contributed by atoms with E-state index in [0.29, 0.717) is 18.2 Å². The van der Waals surface area contributed by atoms with Crippen molar-refractivity contribution in [1.29, 1.82) is 0 Å². The molecule has 9 nitrogen and oxygen atoms in total. The van der Waals surface area contributed by atoms with Gasteiger partial charge in [0.2, 0.25) is 5.13 Å². The lowest BCUT2D eigenvalue weighted by Gasteiger charge is -2.25. The molecule has 2 heterocycles. The van der Waals surface area contributed by atoms with Gasteiger partial charge in [-0.3, -0.25) is 10.1 Å². The molecule has 0 radical (unpaired) electrons. The van der Waals surface area contributed by atoms with Crippen LogP contribution in [-0.4, -0.2) is 43.7 Å². The Morgan fingerprint density at radius 3 is 2.84 bits per heavy atom. The summed E-state index contributed by atoms with van der Waals surface area (Å²) in [5, 5.41) is 20.3. The van der Waals surface area contributed by atoms with Gasteiger partial charge < -0.3 is 10.5 Å². The Kier molecular flexibility index (Phi) is 6.57. The quantitative estimate of drug-likeness (QED) is 0.578. The van der Waals surface area contributed by atoms with Crippen LogP contribution in [0.1, 0.15) is 58.3 Å². The summed E-state index contributed by atoms with van der Waals surface area (Å²) in [6.45, 7) is 4.55. The summed E-state index contributed by atoms with van der Waals surface area (Å²) >= 11 is 1.33. The first kappa shape index (κ1) is 21.4. The Bertz CT molecular complexity index is 1040. The highest BCUT2D eigenvalue weighted by atomic mass is 32.1. The van der Waals surface area contributed by atoms with E-state index in [1.54, 1.807) is 10.9 Å². The molecular formula is C21H27N7O2S. The third-order valence-corrected chi connectivity index (χ3v) is 6.36. The number of nitrogens with two attached hydrogens (primary N) is 1. The van der Waals surface area contributed by atoms with Crippen molar-refractivity contribution >= 4 is 22.4 Å². The van der Waals surface area contributed by atoms with E-state index in [2.05, 4.69) is 31.9 Å². The number of carbonyl (C=O) groups excluding carboxylic acids is 1. The zero-order valence-electron chi connectivity index (χ0n) is 17.7. The molecule has 31 heavy (non-hydrogen) atoms. The van der Waals surface area contributed by atoms with Crippen molar-refractivity contribution < 1.29 is 9.53 Å². The highest BCUT2D eigenvalue weighted by Crippen LogP contribution is 2.27. The molecule has 1 saturated carbocycles. The van der Waals surface area contributed by atoms with Crippen molar-refractivity contribution in [3.63, 3.8) is 0 Å². The minimum Gasteiger partial charge on any atom is -0.493 e. The molecule has 10 heteroatoms. The first-order chi connectivity index (χ1) is 15.0. The summed E-state index contributed by atoms with van der Waals surface area (Å²) in [6.07, 6.45) is 6.14. The zero-order chi connectivity index (χ0) is 21.8. The van der Waals surface area contributed by atoms with E-state index in [1.165, 1.54) is 11.3 Å². The minimum atomic E-state index is -0.340. The van der Waals surface area contributed by atoms with Gasteiger partial charge in [0.05, 0.1) is 18.8 Å². The van der Waals surface area contributed by atoms with E-state index >= 15 is 0 Å². The van der Waals surface area contributed by atoms with Crippen LogP contribution in [0.3, 0.4) is 0 Å². The summed E-state index contributed by atoms with van der Waals surface area (Å²) in [5.41, 5.74) is 8.48. The van der Waals surface area contributed by atoms with Crippen LogP contribution in [0.25, 0.3) is 0 Å². The van der Waals surface area contributed by atoms with Gasteiger partial charge in [0.25, 0.3) is 5.91 Å². The van der Waals surface area contributed by atoms with Gasteiger partial charge in [-0.25, -0.2) is 4.68 Å². The third-order valence-electron chi connectivity index (χ3n) is 5.46. The van der Waals surface area contributed by atoms with Gasteiger partial charge in [-0.2, -0.15) is 0 Å². The van der Waals surface area contributed by atoms with Crippen LogP contribution in [0.2, 0.25) is 0 Å². The minimum absolute atomic E-state index is 0.249. The predicted molar refractivity (Wildman–Crippen MR) is 118 cm³/mol. The molecule has 0 spiro atoms. The van der Waals surface area contributed by atoms with Crippen molar-refractivity contribution in [3.05, 3.63) is 46.2 Å². The lowest BCUT2D eigenvalue weighted by Crippen LogP contribution is -2.28. The van der Waals surface area contributed by atoms with Crippen molar-refractivity contribution in [2.45, 2.75) is 58.0 Å². The van der Waals surface area contributed by atoms with E-state index < -0.39 is 0 Å². The molecule has 2 aromatic heterocycles. The molecule has 0 bridgehead atoms. The molecule has 164 valence electrons. The first-order valence-electron chi connectivity index (χ1n) is 10.5. The smallest absolute Gasteiger partial charge is 0.279 e. The SMILES string of the molecule is Cc1ccc(C)c(OCCc2nnc(NC(=O)c3cn(C4CCC(N)CC4)nn3)s2)c1. The van der Waals surface area contributed by atoms with Crippen molar-refractivity contribution in [1.82, 2.24) is 25.2 Å². The van der Waals surface area contributed by atoms with Gasteiger partial charge in [-0.05, 0) is 56.7 Å². The maximum absolute atomic E-state index is 12.5. The van der Waals surface area contributed by atoms with E-state index in [-0.39, 0.29) is 23.7 Å². The second kappa shape index (κ2) is 9.52. The number of amides is 1. The van der Waals surface area contributed by atoms with Crippen LogP contribution >= 0.6 is 11.3 Å². The van der Waals surface area contributed by atoms with Crippen molar-refractivity contribution in [2.75, 3.05) is 11.9 Å². The number of aromatic nitrogens is 5. The number of nitrogens with zero attached hydrogens (tertiary/aromatic N) is 5. The lowest BCUT2D eigenvalue weighted by molar-refractivity contribution is 0.102. The number of rotatable bonds is 7. The summed E-state index contributed by atoms with van der Waals surface area (Å²) in [5.74, 6) is 0.536. The molecule has 0 atom stereocenters. The Morgan fingerprint density at radius 1 is 1.23 bits per heavy atom. The van der Waals surface area contributed by atoms with Crippen LogP contribution in [0.5, 0.6) is 5.75 Å². The highest BCUT2D eigenvalue weighted by Gasteiger charge is 2.22. The van der Waals surface area contributed by atoms with Gasteiger partial charge in [0.15, 0.2) is 5.69 Å². The largest absolute Gasteiger partial charge is 0.493 e. The molecule has 0 unspecified atom stereocenters.